The van der Waals surface area contributed by atoms with Crippen LogP contribution in [0.15, 0.2) is 0 Å². The Balaban J connectivity index is 2.67. The van der Waals surface area contributed by atoms with E-state index in [-0.39, 0.29) is 11.2 Å². The number of hydrogen-bond acceptors (Lipinski definition) is 2. The molecule has 1 atom stereocenters. The normalized spacial score (nSPS) is 35.2. The van der Waals surface area contributed by atoms with Gasteiger partial charge >= 0.3 is 0 Å². The van der Waals surface area contributed by atoms with Gasteiger partial charge in [0.1, 0.15) is 0 Å². The van der Waals surface area contributed by atoms with Crippen molar-refractivity contribution in [2.75, 3.05) is 6.54 Å². The summed E-state index contributed by atoms with van der Waals surface area (Å²) in [6.45, 7) is 12.3. The third-order valence-electron chi connectivity index (χ3n) is 2.72. The molecule has 1 fully saturated rings. The second kappa shape index (κ2) is 2.46. The van der Waals surface area contributed by atoms with Gasteiger partial charge in [0.15, 0.2) is 0 Å². The van der Waals surface area contributed by atoms with Gasteiger partial charge < -0.3 is 0 Å². The first kappa shape index (κ1) is 9.01. The van der Waals surface area contributed by atoms with E-state index in [1.54, 1.807) is 0 Å². The molecule has 0 aromatic rings. The Hall–Kier alpha value is -0.0800. The number of rotatable bonds is 0. The Labute approximate surface area is 69.8 Å². The predicted octanol–water partition coefficient (Wildman–Crippen LogP) is 1.33. The van der Waals surface area contributed by atoms with Crippen molar-refractivity contribution >= 4 is 0 Å². The van der Waals surface area contributed by atoms with Crippen molar-refractivity contribution in [3.63, 3.8) is 0 Å². The number of hydrogen-bond donors (Lipinski definition) is 2. The van der Waals surface area contributed by atoms with Gasteiger partial charge in [0.2, 0.25) is 0 Å². The van der Waals surface area contributed by atoms with Gasteiger partial charge in [0, 0.05) is 12.1 Å². The van der Waals surface area contributed by atoms with Crippen molar-refractivity contribution in [2.45, 2.75) is 45.8 Å². The molecule has 0 aromatic carbocycles. The Bertz CT molecular complexity index is 150. The molecule has 0 aliphatic carbocycles. The van der Waals surface area contributed by atoms with E-state index in [9.17, 15) is 0 Å². The summed E-state index contributed by atoms with van der Waals surface area (Å²) in [5, 5.41) is 7.02. The summed E-state index contributed by atoms with van der Waals surface area (Å²) in [6, 6.07) is 0. The molecule has 0 spiro atoms. The first-order valence-electron chi connectivity index (χ1n) is 4.38. The second-order valence-corrected chi connectivity index (χ2v) is 4.75. The number of nitrogens with one attached hydrogen (secondary N) is 2. The van der Waals surface area contributed by atoms with Crippen molar-refractivity contribution in [2.24, 2.45) is 5.92 Å². The van der Waals surface area contributed by atoms with Gasteiger partial charge in [-0.05, 0) is 33.6 Å². The van der Waals surface area contributed by atoms with Gasteiger partial charge in [-0.2, -0.15) is 0 Å². The van der Waals surface area contributed by atoms with E-state index in [0.717, 1.165) is 6.54 Å². The molecule has 1 saturated heterocycles. The molecule has 2 N–H and O–H groups in total. The second-order valence-electron chi connectivity index (χ2n) is 4.75. The Kier molecular flexibility index (Phi) is 2.01. The molecule has 0 saturated carbocycles. The molecule has 0 aromatic heterocycles. The van der Waals surface area contributed by atoms with E-state index in [4.69, 9.17) is 0 Å². The first-order chi connectivity index (χ1) is 4.83. The molecule has 2 heteroatoms. The lowest BCUT2D eigenvalue weighted by molar-refractivity contribution is 0.111. The maximum atomic E-state index is 3.57. The monoisotopic (exact) mass is 156 g/mol. The molecule has 0 radical (unpaired) electrons. The van der Waals surface area contributed by atoms with Crippen LogP contribution in [0.3, 0.4) is 0 Å². The lowest BCUT2D eigenvalue weighted by Crippen LogP contribution is -2.68. The minimum Gasteiger partial charge on any atom is -0.299 e. The topological polar surface area (TPSA) is 24.1 Å². The third-order valence-corrected chi connectivity index (χ3v) is 2.72. The van der Waals surface area contributed by atoms with Crippen LogP contribution in [-0.4, -0.2) is 17.7 Å². The van der Waals surface area contributed by atoms with Gasteiger partial charge in [0.05, 0.1) is 5.66 Å². The zero-order chi connectivity index (χ0) is 8.70. The average molecular weight is 156 g/mol. The summed E-state index contributed by atoms with van der Waals surface area (Å²) in [7, 11) is 0. The van der Waals surface area contributed by atoms with Crippen molar-refractivity contribution in [3.05, 3.63) is 0 Å². The molecule has 11 heavy (non-hydrogen) atoms. The zero-order valence-electron chi connectivity index (χ0n) is 8.28. The van der Waals surface area contributed by atoms with E-state index < -0.39 is 0 Å². The molecule has 0 amide bonds. The highest BCUT2D eigenvalue weighted by molar-refractivity contribution is 4.96. The largest absolute Gasteiger partial charge is 0.299 e. The molecule has 66 valence electrons. The van der Waals surface area contributed by atoms with Crippen LogP contribution in [0.2, 0.25) is 0 Å². The van der Waals surface area contributed by atoms with Gasteiger partial charge in [0.25, 0.3) is 0 Å². The molecule has 1 aliphatic rings. The SMILES string of the molecule is CC1CNC(C)(C)NC1(C)C. The quantitative estimate of drug-likeness (QED) is 0.553. The highest BCUT2D eigenvalue weighted by Crippen LogP contribution is 2.22. The fourth-order valence-electron chi connectivity index (χ4n) is 1.64. The fourth-order valence-corrected chi connectivity index (χ4v) is 1.64. The third kappa shape index (κ3) is 1.94. The van der Waals surface area contributed by atoms with Crippen LogP contribution in [0.5, 0.6) is 0 Å². The summed E-state index contributed by atoms with van der Waals surface area (Å²) in [4.78, 5) is 0. The highest BCUT2D eigenvalue weighted by atomic mass is 15.2. The van der Waals surface area contributed by atoms with Crippen molar-refractivity contribution in [3.8, 4) is 0 Å². The predicted molar refractivity (Wildman–Crippen MR) is 48.5 cm³/mol. The molecule has 1 heterocycles. The molecule has 1 aliphatic heterocycles. The molecule has 1 rings (SSSR count). The average Bonchev–Trinajstić information content (AvgIpc) is 1.77. The van der Waals surface area contributed by atoms with E-state index in [0.29, 0.717) is 5.92 Å². The van der Waals surface area contributed by atoms with Crippen LogP contribution < -0.4 is 10.6 Å². The molecule has 1 unspecified atom stereocenters. The van der Waals surface area contributed by atoms with Crippen molar-refractivity contribution < 1.29 is 0 Å². The summed E-state index contributed by atoms with van der Waals surface area (Å²) in [5.74, 6) is 0.690. The molecular formula is C9H20N2. The first-order valence-corrected chi connectivity index (χ1v) is 4.38. The van der Waals surface area contributed by atoms with Gasteiger partial charge in [-0.1, -0.05) is 6.92 Å². The van der Waals surface area contributed by atoms with E-state index in [1.165, 1.54) is 0 Å². The molecular weight excluding hydrogens is 136 g/mol. The van der Waals surface area contributed by atoms with Crippen LogP contribution in [0, 0.1) is 5.92 Å². The van der Waals surface area contributed by atoms with Crippen LogP contribution in [0.25, 0.3) is 0 Å². The van der Waals surface area contributed by atoms with Crippen LogP contribution in [0.4, 0.5) is 0 Å². The van der Waals surface area contributed by atoms with Crippen LogP contribution >= 0.6 is 0 Å². The Morgan fingerprint density at radius 1 is 1.18 bits per heavy atom. The highest BCUT2D eigenvalue weighted by Gasteiger charge is 2.36. The molecule has 2 nitrogen and oxygen atoms in total. The maximum absolute atomic E-state index is 3.57. The van der Waals surface area contributed by atoms with E-state index in [2.05, 4.69) is 45.3 Å². The van der Waals surface area contributed by atoms with Crippen molar-refractivity contribution in [1.82, 2.24) is 10.6 Å². The minimum absolute atomic E-state index is 0.0933. The maximum Gasteiger partial charge on any atom is 0.0633 e. The Morgan fingerprint density at radius 3 is 2.09 bits per heavy atom. The Morgan fingerprint density at radius 2 is 1.73 bits per heavy atom. The zero-order valence-corrected chi connectivity index (χ0v) is 8.28. The lowest BCUT2D eigenvalue weighted by Gasteiger charge is -2.47. The standard InChI is InChI=1S/C9H20N2/c1-7-6-10-9(4,5)11-8(7,2)3/h7,10-11H,6H2,1-5H3. The lowest BCUT2D eigenvalue weighted by atomic mass is 9.84. The van der Waals surface area contributed by atoms with Crippen LogP contribution in [-0.2, 0) is 0 Å². The van der Waals surface area contributed by atoms with Crippen LogP contribution in [0.1, 0.15) is 34.6 Å². The van der Waals surface area contributed by atoms with Gasteiger partial charge in [-0.25, -0.2) is 0 Å². The summed E-state index contributed by atoms with van der Waals surface area (Å²) < 4.78 is 0. The summed E-state index contributed by atoms with van der Waals surface area (Å²) in [5.41, 5.74) is 0.352. The van der Waals surface area contributed by atoms with Crippen molar-refractivity contribution in [1.29, 1.82) is 0 Å². The van der Waals surface area contributed by atoms with Gasteiger partial charge in [-0.15, -0.1) is 0 Å². The smallest absolute Gasteiger partial charge is 0.0633 e. The summed E-state index contributed by atoms with van der Waals surface area (Å²) >= 11 is 0. The van der Waals surface area contributed by atoms with Gasteiger partial charge in [-0.3, -0.25) is 10.6 Å². The van der Waals surface area contributed by atoms with E-state index in [1.807, 2.05) is 0 Å². The fraction of sp³-hybridized carbons (Fsp3) is 1.00. The van der Waals surface area contributed by atoms with E-state index >= 15 is 0 Å². The minimum atomic E-state index is 0.0933. The summed E-state index contributed by atoms with van der Waals surface area (Å²) in [6.07, 6.45) is 0. The molecule has 0 bridgehead atoms.